The number of aromatic nitrogens is 1. The van der Waals surface area contributed by atoms with Gasteiger partial charge in [0.05, 0.1) is 5.56 Å². The molecule has 0 N–H and O–H groups in total. The summed E-state index contributed by atoms with van der Waals surface area (Å²) < 4.78 is 98.6. The van der Waals surface area contributed by atoms with E-state index in [-0.39, 0.29) is 33.7 Å². The zero-order valence-electron chi connectivity index (χ0n) is 15.8. The summed E-state index contributed by atoms with van der Waals surface area (Å²) in [6.45, 7) is 2.81. The van der Waals surface area contributed by atoms with Crippen molar-refractivity contribution in [3.8, 4) is 28.1 Å². The van der Waals surface area contributed by atoms with Crippen molar-refractivity contribution in [1.29, 1.82) is 0 Å². The minimum atomic E-state index is -4.87. The lowest BCUT2D eigenvalue weighted by Crippen LogP contribution is -2.17. The molecule has 0 aliphatic carbocycles. The molecule has 2 aromatic carbocycles. The Morgan fingerprint density at radius 2 is 1.70 bits per heavy atom. The van der Waals surface area contributed by atoms with Crippen LogP contribution in [0.4, 0.5) is 22.0 Å². The number of hydrogen-bond acceptors (Lipinski definition) is 5. The van der Waals surface area contributed by atoms with Crippen LogP contribution in [0.1, 0.15) is 11.3 Å². The lowest BCUT2D eigenvalue weighted by Gasteiger charge is -2.12. The highest BCUT2D eigenvalue weighted by Crippen LogP contribution is 2.38. The Balaban J connectivity index is 2.14. The van der Waals surface area contributed by atoms with Gasteiger partial charge in [-0.05, 0) is 49.7 Å². The Hall–Kier alpha value is -2.95. The van der Waals surface area contributed by atoms with Crippen LogP contribution in [0.2, 0.25) is 0 Å². The lowest BCUT2D eigenvalue weighted by atomic mass is 9.98. The van der Waals surface area contributed by atoms with Gasteiger partial charge in [0, 0.05) is 17.4 Å². The van der Waals surface area contributed by atoms with Gasteiger partial charge in [-0.1, -0.05) is 5.16 Å². The molecule has 0 bridgehead atoms. The second kappa shape index (κ2) is 7.38. The van der Waals surface area contributed by atoms with Crippen LogP contribution in [-0.4, -0.2) is 26.2 Å². The van der Waals surface area contributed by atoms with Gasteiger partial charge in [-0.15, -0.1) is 13.2 Å². The molecule has 160 valence electrons. The summed E-state index contributed by atoms with van der Waals surface area (Å²) in [6, 6.07) is 4.91. The first kappa shape index (κ1) is 21.8. The van der Waals surface area contributed by atoms with Gasteiger partial charge in [0.15, 0.2) is 9.84 Å². The third-order valence-electron chi connectivity index (χ3n) is 4.23. The SMILES string of the molecule is Cc1cc(-c2noc(C)c2-c2cc(F)c(S(C)(=O)=O)cc2F)ccc1OC(F)(F)F. The number of nitrogens with zero attached hydrogens (tertiary/aromatic N) is 1. The highest BCUT2D eigenvalue weighted by molar-refractivity contribution is 7.90. The number of alkyl halides is 3. The van der Waals surface area contributed by atoms with Crippen molar-refractivity contribution in [1.82, 2.24) is 5.16 Å². The van der Waals surface area contributed by atoms with Crippen molar-refractivity contribution in [2.24, 2.45) is 0 Å². The Bertz CT molecular complexity index is 1230. The fourth-order valence-electron chi connectivity index (χ4n) is 2.93. The van der Waals surface area contributed by atoms with E-state index in [4.69, 9.17) is 4.52 Å². The van der Waals surface area contributed by atoms with E-state index in [9.17, 15) is 30.4 Å². The molecular formula is C19H14F5NO4S. The first-order valence-corrected chi connectivity index (χ1v) is 10.2. The fourth-order valence-corrected chi connectivity index (χ4v) is 3.66. The second-order valence-electron chi connectivity index (χ2n) is 6.53. The molecule has 30 heavy (non-hydrogen) atoms. The normalized spacial score (nSPS) is 12.3. The van der Waals surface area contributed by atoms with Crippen molar-refractivity contribution in [2.75, 3.05) is 6.26 Å². The van der Waals surface area contributed by atoms with Gasteiger partial charge in [-0.25, -0.2) is 17.2 Å². The van der Waals surface area contributed by atoms with Crippen LogP contribution in [0, 0.1) is 25.5 Å². The van der Waals surface area contributed by atoms with Crippen LogP contribution < -0.4 is 4.74 Å². The summed E-state index contributed by atoms with van der Waals surface area (Å²) in [4.78, 5) is -0.802. The van der Waals surface area contributed by atoms with E-state index in [1.165, 1.54) is 26.0 Å². The van der Waals surface area contributed by atoms with Crippen molar-refractivity contribution >= 4 is 9.84 Å². The molecule has 0 spiro atoms. The average molecular weight is 447 g/mol. The zero-order chi connectivity index (χ0) is 22.4. The maximum Gasteiger partial charge on any atom is 0.573 e. The topological polar surface area (TPSA) is 69.4 Å². The zero-order valence-corrected chi connectivity index (χ0v) is 16.6. The number of aryl methyl sites for hydroxylation is 2. The van der Waals surface area contributed by atoms with Crippen LogP contribution >= 0.6 is 0 Å². The molecular weight excluding hydrogens is 433 g/mol. The number of halogens is 5. The minimum absolute atomic E-state index is 0.0374. The van der Waals surface area contributed by atoms with Crippen molar-refractivity contribution in [3.63, 3.8) is 0 Å². The molecule has 0 atom stereocenters. The molecule has 1 heterocycles. The molecule has 1 aromatic heterocycles. The number of sulfone groups is 1. The fraction of sp³-hybridized carbons (Fsp3) is 0.211. The maximum absolute atomic E-state index is 14.7. The largest absolute Gasteiger partial charge is 0.573 e. The van der Waals surface area contributed by atoms with Gasteiger partial charge in [-0.2, -0.15) is 0 Å². The van der Waals surface area contributed by atoms with E-state index < -0.39 is 38.5 Å². The Morgan fingerprint density at radius 3 is 2.27 bits per heavy atom. The molecule has 3 rings (SSSR count). The van der Waals surface area contributed by atoms with Gasteiger partial charge in [0.1, 0.15) is 33.7 Å². The molecule has 0 fully saturated rings. The molecule has 0 radical (unpaired) electrons. The highest BCUT2D eigenvalue weighted by atomic mass is 32.2. The summed E-state index contributed by atoms with van der Waals surface area (Å²) in [6.07, 6.45) is -4.13. The summed E-state index contributed by atoms with van der Waals surface area (Å²) >= 11 is 0. The van der Waals surface area contributed by atoms with E-state index >= 15 is 0 Å². The number of rotatable bonds is 4. The molecule has 0 saturated heterocycles. The van der Waals surface area contributed by atoms with E-state index in [2.05, 4.69) is 9.89 Å². The van der Waals surface area contributed by atoms with E-state index in [0.29, 0.717) is 12.1 Å². The predicted octanol–water partition coefficient (Wildman–Crippen LogP) is 5.21. The molecule has 0 aliphatic heterocycles. The third-order valence-corrected chi connectivity index (χ3v) is 5.34. The quantitative estimate of drug-likeness (QED) is 0.514. The summed E-state index contributed by atoms with van der Waals surface area (Å²) in [5.41, 5.74) is 0.160. The van der Waals surface area contributed by atoms with Gasteiger partial charge in [-0.3, -0.25) is 0 Å². The van der Waals surface area contributed by atoms with Gasteiger partial charge < -0.3 is 9.26 Å². The predicted molar refractivity (Wildman–Crippen MR) is 96.6 cm³/mol. The Kier molecular flexibility index (Phi) is 5.35. The Morgan fingerprint density at radius 1 is 1.03 bits per heavy atom. The van der Waals surface area contributed by atoms with Crippen molar-refractivity contribution in [2.45, 2.75) is 25.1 Å². The van der Waals surface area contributed by atoms with E-state index in [1.807, 2.05) is 0 Å². The lowest BCUT2D eigenvalue weighted by molar-refractivity contribution is -0.274. The first-order valence-electron chi connectivity index (χ1n) is 8.30. The van der Waals surface area contributed by atoms with Gasteiger partial charge in [0.25, 0.3) is 0 Å². The summed E-state index contributed by atoms with van der Waals surface area (Å²) in [7, 11) is -4.00. The molecule has 0 aliphatic rings. The first-order chi connectivity index (χ1) is 13.8. The maximum atomic E-state index is 14.7. The van der Waals surface area contributed by atoms with Crippen molar-refractivity contribution in [3.05, 3.63) is 53.3 Å². The van der Waals surface area contributed by atoms with Crippen LogP contribution in [0.15, 0.2) is 39.8 Å². The highest BCUT2D eigenvalue weighted by Gasteiger charge is 2.32. The minimum Gasteiger partial charge on any atom is -0.406 e. The van der Waals surface area contributed by atoms with E-state index in [1.54, 1.807) is 0 Å². The molecule has 0 unspecified atom stereocenters. The molecule has 0 saturated carbocycles. The summed E-state index contributed by atoms with van der Waals surface area (Å²) in [5.74, 6) is -2.52. The third kappa shape index (κ3) is 4.30. The standard InChI is InChI=1S/C19H14F5NO4S/c1-9-6-11(4-5-15(9)28-19(22,23)24)18-17(10(2)29-25-18)12-7-14(21)16(8-13(12)20)30(3,26)27/h4-8H,1-3H3. The van der Waals surface area contributed by atoms with Crippen molar-refractivity contribution < 1.29 is 39.6 Å². The molecule has 11 heteroatoms. The average Bonchev–Trinajstić information content (AvgIpc) is 2.97. The number of benzene rings is 2. The smallest absolute Gasteiger partial charge is 0.406 e. The molecule has 0 amide bonds. The van der Waals surface area contributed by atoms with Crippen LogP contribution in [-0.2, 0) is 9.84 Å². The van der Waals surface area contributed by atoms with Crippen LogP contribution in [0.3, 0.4) is 0 Å². The van der Waals surface area contributed by atoms with E-state index in [0.717, 1.165) is 12.3 Å². The van der Waals surface area contributed by atoms with Gasteiger partial charge >= 0.3 is 6.36 Å². The van der Waals surface area contributed by atoms with Crippen LogP contribution in [0.25, 0.3) is 22.4 Å². The monoisotopic (exact) mass is 447 g/mol. The molecule has 5 nitrogen and oxygen atoms in total. The molecule has 3 aromatic rings. The second-order valence-corrected chi connectivity index (χ2v) is 8.51. The van der Waals surface area contributed by atoms with Gasteiger partial charge in [0.2, 0.25) is 0 Å². The van der Waals surface area contributed by atoms with Crippen LogP contribution in [0.5, 0.6) is 5.75 Å². The number of ether oxygens (including phenoxy) is 1. The Labute approximate surface area is 168 Å². The summed E-state index contributed by atoms with van der Waals surface area (Å²) in [5, 5.41) is 3.80. The number of hydrogen-bond donors (Lipinski definition) is 0.